The summed E-state index contributed by atoms with van der Waals surface area (Å²) >= 11 is 1.54. The summed E-state index contributed by atoms with van der Waals surface area (Å²) in [5.74, 6) is 0.969. The Morgan fingerprint density at radius 3 is 2.45 bits per heavy atom. The number of amides is 3. The van der Waals surface area contributed by atoms with Gasteiger partial charge in [-0.1, -0.05) is 51.2 Å². The maximum atomic E-state index is 12.9. The largest absolute Gasteiger partial charge is 0.411 e. The minimum Gasteiger partial charge on any atom is -0.399 e. The van der Waals surface area contributed by atoms with E-state index < -0.39 is 0 Å². The fourth-order valence-electron chi connectivity index (χ4n) is 6.78. The second-order valence-electron chi connectivity index (χ2n) is 12.1. The van der Waals surface area contributed by atoms with E-state index in [1.807, 2.05) is 6.07 Å². The van der Waals surface area contributed by atoms with Gasteiger partial charge in [0.1, 0.15) is 0 Å². The van der Waals surface area contributed by atoms with Crippen LogP contribution in [0.25, 0.3) is 10.1 Å². The van der Waals surface area contributed by atoms with Gasteiger partial charge in [-0.05, 0) is 55.8 Å². The molecule has 3 aliphatic rings. The highest BCUT2D eigenvalue weighted by molar-refractivity contribution is 7.13. The molecule has 2 unspecified atom stereocenters. The van der Waals surface area contributed by atoms with E-state index in [9.17, 15) is 14.4 Å². The number of unbranched alkanes of at least 4 members (excludes halogenated alkanes) is 4. The van der Waals surface area contributed by atoms with E-state index in [-0.39, 0.29) is 37.2 Å². The molecule has 2 aromatic rings. The standard InChI is InChI=1S/C31H45N5O4S.CH3/c1-2-3-4-9-16-32-31(39)40-23-36(20-11-10-17-35-29(37)24-12-5-6-13-25(24)30(35)38)21-18-34(19-22-36)28-26-14-7-8-15-27(26)41-33-28;/h7-8,14-15,24-25H,2-6,9-13,16-23H2,1H3;1H3/q;-1/p+1. The zero-order valence-corrected chi connectivity index (χ0v) is 26.3. The number of quaternary nitrogens is 1. The topological polar surface area (TPSA) is 91.8 Å². The number of piperazine rings is 1. The molecule has 0 radical (unpaired) electrons. The maximum absolute atomic E-state index is 12.9. The van der Waals surface area contributed by atoms with Gasteiger partial charge in [0.15, 0.2) is 5.82 Å². The summed E-state index contributed by atoms with van der Waals surface area (Å²) in [4.78, 5) is 42.2. The average molecular weight is 600 g/mol. The summed E-state index contributed by atoms with van der Waals surface area (Å²) in [5.41, 5.74) is 0. The van der Waals surface area contributed by atoms with Crippen molar-refractivity contribution in [2.45, 2.75) is 71.1 Å². The van der Waals surface area contributed by atoms with Crippen molar-refractivity contribution in [3.63, 3.8) is 0 Å². The number of aromatic nitrogens is 1. The van der Waals surface area contributed by atoms with Gasteiger partial charge < -0.3 is 22.4 Å². The molecule has 1 saturated carbocycles. The Morgan fingerprint density at radius 1 is 1.02 bits per heavy atom. The minimum absolute atomic E-state index is 0. The van der Waals surface area contributed by atoms with Crippen LogP contribution in [-0.4, -0.2) is 84.2 Å². The van der Waals surface area contributed by atoms with Crippen LogP contribution in [0.1, 0.15) is 71.1 Å². The molecule has 2 atom stereocenters. The fraction of sp³-hybridized carbons (Fsp3) is 0.656. The summed E-state index contributed by atoms with van der Waals surface area (Å²) < 4.78 is 12.4. The lowest BCUT2D eigenvalue weighted by molar-refractivity contribution is -0.944. The van der Waals surface area contributed by atoms with E-state index >= 15 is 0 Å². The van der Waals surface area contributed by atoms with E-state index in [1.54, 1.807) is 4.90 Å². The van der Waals surface area contributed by atoms with Crippen LogP contribution < -0.4 is 10.2 Å². The summed E-state index contributed by atoms with van der Waals surface area (Å²) in [6.07, 6.45) is 9.54. The first-order valence-corrected chi connectivity index (χ1v) is 16.5. The number of carbonyl (C=O) groups is 3. The molecule has 2 saturated heterocycles. The quantitative estimate of drug-likeness (QED) is 0.139. The first-order valence-electron chi connectivity index (χ1n) is 15.7. The summed E-state index contributed by atoms with van der Waals surface area (Å²) in [5, 5.41) is 4.11. The lowest BCUT2D eigenvalue weighted by atomic mass is 9.81. The van der Waals surface area contributed by atoms with Crippen LogP contribution in [0.15, 0.2) is 24.3 Å². The van der Waals surface area contributed by atoms with Crippen molar-refractivity contribution in [3.8, 4) is 0 Å². The Hall–Kier alpha value is -2.72. The molecule has 3 heterocycles. The number of benzene rings is 1. The first-order chi connectivity index (χ1) is 20.0. The zero-order chi connectivity index (χ0) is 28.7. The molecule has 1 aromatic heterocycles. The predicted molar refractivity (Wildman–Crippen MR) is 168 cm³/mol. The van der Waals surface area contributed by atoms with Crippen LogP contribution in [0.5, 0.6) is 0 Å². The first kappa shape index (κ1) is 32.2. The molecule has 10 heteroatoms. The molecular weight excluding hydrogens is 550 g/mol. The Labute approximate surface area is 255 Å². The van der Waals surface area contributed by atoms with Crippen molar-refractivity contribution in [3.05, 3.63) is 31.7 Å². The van der Waals surface area contributed by atoms with Crippen molar-refractivity contribution in [2.24, 2.45) is 11.8 Å². The molecule has 1 aromatic carbocycles. The van der Waals surface area contributed by atoms with Crippen molar-refractivity contribution in [1.82, 2.24) is 14.6 Å². The predicted octanol–water partition coefficient (Wildman–Crippen LogP) is 5.60. The third-order valence-electron chi connectivity index (χ3n) is 9.31. The van der Waals surface area contributed by atoms with Crippen LogP contribution in [-0.2, 0) is 14.3 Å². The number of likely N-dealkylation sites (tertiary alicyclic amines) is 1. The number of imide groups is 1. The van der Waals surface area contributed by atoms with Gasteiger partial charge in [0, 0.05) is 18.5 Å². The Balaban J connectivity index is 0.00000405. The SMILES string of the molecule is CCCCCCNC(=O)OC[N+]1(CCCCN2C(=O)C3CCCCC3C2=O)CCN(c2nsc3ccccc23)CC1.[CH3-]. The van der Waals surface area contributed by atoms with Crippen LogP contribution >= 0.6 is 11.5 Å². The van der Waals surface area contributed by atoms with E-state index in [2.05, 4.69) is 35.3 Å². The number of nitrogens with one attached hydrogen (secondary N) is 1. The van der Waals surface area contributed by atoms with Crippen LogP contribution in [0.3, 0.4) is 0 Å². The normalized spacial score (nSPS) is 21.7. The van der Waals surface area contributed by atoms with E-state index in [1.165, 1.54) is 34.5 Å². The van der Waals surface area contributed by atoms with Gasteiger partial charge in [-0.2, -0.15) is 4.37 Å². The van der Waals surface area contributed by atoms with Gasteiger partial charge >= 0.3 is 6.09 Å². The molecule has 42 heavy (non-hydrogen) atoms. The highest BCUT2D eigenvalue weighted by atomic mass is 32.1. The lowest BCUT2D eigenvalue weighted by Crippen LogP contribution is -2.61. The van der Waals surface area contributed by atoms with Crippen LogP contribution in [0.4, 0.5) is 10.6 Å². The van der Waals surface area contributed by atoms with Gasteiger partial charge in [-0.25, -0.2) is 4.79 Å². The van der Waals surface area contributed by atoms with Gasteiger partial charge in [0.05, 0.1) is 49.3 Å². The van der Waals surface area contributed by atoms with Crippen molar-refractivity contribution in [2.75, 3.05) is 57.4 Å². The monoisotopic (exact) mass is 599 g/mol. The Bertz CT molecular complexity index is 1170. The molecule has 5 rings (SSSR count). The summed E-state index contributed by atoms with van der Waals surface area (Å²) in [6.45, 7) is 7.86. The van der Waals surface area contributed by atoms with Gasteiger partial charge in [-0.3, -0.25) is 19.0 Å². The van der Waals surface area contributed by atoms with Gasteiger partial charge in [0.2, 0.25) is 18.5 Å². The maximum Gasteiger partial charge on any atom is 0.411 e. The molecule has 1 N–H and O–H groups in total. The number of hydrogen-bond acceptors (Lipinski definition) is 7. The molecule has 0 bridgehead atoms. The smallest absolute Gasteiger partial charge is 0.399 e. The molecule has 2 aliphatic heterocycles. The molecule has 232 valence electrons. The van der Waals surface area contributed by atoms with Gasteiger partial charge in [-0.15, -0.1) is 0 Å². The summed E-state index contributed by atoms with van der Waals surface area (Å²) in [7, 11) is 0. The second-order valence-corrected chi connectivity index (χ2v) is 12.9. The van der Waals surface area contributed by atoms with E-state index in [4.69, 9.17) is 9.11 Å². The number of fused-ring (bicyclic) bond motifs is 2. The number of carbonyl (C=O) groups excluding carboxylic acids is 3. The average Bonchev–Trinajstić information content (AvgIpc) is 3.53. The second kappa shape index (κ2) is 15.1. The highest BCUT2D eigenvalue weighted by Gasteiger charge is 2.47. The third-order valence-corrected chi connectivity index (χ3v) is 10.1. The highest BCUT2D eigenvalue weighted by Crippen LogP contribution is 2.38. The molecule has 3 amide bonds. The molecule has 9 nitrogen and oxygen atoms in total. The third kappa shape index (κ3) is 7.43. The number of rotatable bonds is 13. The number of hydrogen-bond donors (Lipinski definition) is 1. The molecule has 1 aliphatic carbocycles. The number of anilines is 1. The van der Waals surface area contributed by atoms with E-state index in [0.717, 1.165) is 89.9 Å². The molecule has 0 spiro atoms. The Kier molecular flexibility index (Phi) is 11.6. The lowest BCUT2D eigenvalue weighted by Gasteiger charge is -2.44. The number of nitrogens with zero attached hydrogens (tertiary/aromatic N) is 4. The summed E-state index contributed by atoms with van der Waals surface area (Å²) in [6, 6.07) is 8.35. The molecule has 3 fully saturated rings. The fourth-order valence-corrected chi connectivity index (χ4v) is 7.57. The van der Waals surface area contributed by atoms with Crippen LogP contribution in [0.2, 0.25) is 0 Å². The van der Waals surface area contributed by atoms with Crippen molar-refractivity contribution in [1.29, 1.82) is 0 Å². The number of ether oxygens (including phenoxy) is 1. The molecular formula is C32H49N5O4S. The van der Waals surface area contributed by atoms with Crippen LogP contribution in [0, 0.1) is 19.3 Å². The van der Waals surface area contributed by atoms with Gasteiger partial charge in [0.25, 0.3) is 0 Å². The zero-order valence-electron chi connectivity index (χ0n) is 25.5. The Morgan fingerprint density at radius 2 is 1.74 bits per heavy atom. The van der Waals surface area contributed by atoms with E-state index in [0.29, 0.717) is 24.3 Å². The minimum atomic E-state index is -0.345. The number of alkyl carbamates (subject to hydrolysis) is 1. The van der Waals surface area contributed by atoms with Crippen molar-refractivity contribution >= 4 is 45.3 Å². The van der Waals surface area contributed by atoms with Crippen molar-refractivity contribution < 1.29 is 23.6 Å².